The first-order valence-corrected chi connectivity index (χ1v) is 10.3. The van der Waals surface area contributed by atoms with E-state index in [0.29, 0.717) is 35.3 Å². The lowest BCUT2D eigenvalue weighted by atomic mass is 10.2. The third-order valence-corrected chi connectivity index (χ3v) is 5.19. The van der Waals surface area contributed by atoms with E-state index >= 15 is 0 Å². The second kappa shape index (κ2) is 8.69. The Hall–Kier alpha value is -3.15. The minimum atomic E-state index is -0.593. The molecule has 4 aromatic rings. The first-order chi connectivity index (χ1) is 14.5. The van der Waals surface area contributed by atoms with Crippen molar-refractivity contribution in [1.82, 2.24) is 24.9 Å². The van der Waals surface area contributed by atoms with E-state index in [2.05, 4.69) is 58.1 Å². The van der Waals surface area contributed by atoms with Gasteiger partial charge in [0.15, 0.2) is 0 Å². The zero-order chi connectivity index (χ0) is 21.1. The van der Waals surface area contributed by atoms with Gasteiger partial charge in [0.05, 0.1) is 15.1 Å². The van der Waals surface area contributed by atoms with Gasteiger partial charge in [-0.25, -0.2) is 19.3 Å². The summed E-state index contributed by atoms with van der Waals surface area (Å²) < 4.78 is 14.8. The summed E-state index contributed by atoms with van der Waals surface area (Å²) in [4.78, 5) is 32.6. The Morgan fingerprint density at radius 3 is 2.80 bits per heavy atom. The Labute approximate surface area is 184 Å². The molecule has 4 rings (SSSR count). The predicted molar refractivity (Wildman–Crippen MR) is 121 cm³/mol. The molecule has 0 amide bonds. The van der Waals surface area contributed by atoms with E-state index in [-0.39, 0.29) is 11.4 Å². The highest BCUT2D eigenvalue weighted by Crippen LogP contribution is 2.24. The van der Waals surface area contributed by atoms with Crippen LogP contribution >= 0.6 is 22.6 Å². The molecule has 1 atom stereocenters. The molecule has 0 saturated carbocycles. The lowest BCUT2D eigenvalue weighted by Gasteiger charge is -2.18. The van der Waals surface area contributed by atoms with Gasteiger partial charge < -0.3 is 15.6 Å². The van der Waals surface area contributed by atoms with Gasteiger partial charge in [0.25, 0.3) is 5.56 Å². The summed E-state index contributed by atoms with van der Waals surface area (Å²) in [5.74, 6) is 1.41. The summed E-state index contributed by atoms with van der Waals surface area (Å²) in [6.45, 7) is 1.95. The minimum Gasteiger partial charge on any atom is -0.359 e. The fourth-order valence-electron chi connectivity index (χ4n) is 2.94. The molecule has 0 spiro atoms. The lowest BCUT2D eigenvalue weighted by Crippen LogP contribution is -2.21. The summed E-state index contributed by atoms with van der Waals surface area (Å²) in [5.41, 5.74) is -0.202. The van der Waals surface area contributed by atoms with Crippen molar-refractivity contribution in [2.24, 2.45) is 0 Å². The van der Waals surface area contributed by atoms with Gasteiger partial charge in [0.1, 0.15) is 28.7 Å². The maximum Gasteiger partial charge on any atom is 0.261 e. The highest BCUT2D eigenvalue weighted by Gasteiger charge is 2.18. The Morgan fingerprint density at radius 1 is 1.17 bits per heavy atom. The lowest BCUT2D eigenvalue weighted by molar-refractivity contribution is 0.636. The van der Waals surface area contributed by atoms with Crippen molar-refractivity contribution in [3.8, 4) is 0 Å². The third kappa shape index (κ3) is 4.22. The van der Waals surface area contributed by atoms with Gasteiger partial charge in [-0.3, -0.25) is 4.79 Å². The van der Waals surface area contributed by atoms with Crippen molar-refractivity contribution < 1.29 is 4.39 Å². The molecule has 0 aliphatic carbocycles. The van der Waals surface area contributed by atoms with Crippen LogP contribution in [-0.2, 0) is 0 Å². The number of halogens is 2. The number of anilines is 3. The van der Waals surface area contributed by atoms with E-state index < -0.39 is 11.4 Å². The summed E-state index contributed by atoms with van der Waals surface area (Å²) >= 11 is 2.13. The highest BCUT2D eigenvalue weighted by molar-refractivity contribution is 14.1. The van der Waals surface area contributed by atoms with Crippen LogP contribution in [0, 0.1) is 9.39 Å². The van der Waals surface area contributed by atoms with Crippen LogP contribution in [-0.4, -0.2) is 24.9 Å². The summed E-state index contributed by atoms with van der Waals surface area (Å²) in [6.07, 6.45) is 3.97. The van der Waals surface area contributed by atoms with Crippen molar-refractivity contribution in [1.29, 1.82) is 0 Å². The zero-order valence-electron chi connectivity index (χ0n) is 15.9. The molecule has 1 unspecified atom stereocenters. The van der Waals surface area contributed by atoms with Gasteiger partial charge in [0, 0.05) is 12.4 Å². The van der Waals surface area contributed by atoms with Crippen molar-refractivity contribution in [3.63, 3.8) is 0 Å². The van der Waals surface area contributed by atoms with Gasteiger partial charge in [0.2, 0.25) is 5.95 Å². The first-order valence-electron chi connectivity index (χ1n) is 9.20. The van der Waals surface area contributed by atoms with Crippen LogP contribution in [0.5, 0.6) is 0 Å². The Kier molecular flexibility index (Phi) is 5.84. The zero-order valence-corrected chi connectivity index (χ0v) is 18.0. The molecule has 152 valence electrons. The number of hydrogen-bond acceptors (Lipinski definition) is 7. The average molecular weight is 517 g/mol. The van der Waals surface area contributed by atoms with Gasteiger partial charge in [-0.2, -0.15) is 4.98 Å². The normalized spacial score (nSPS) is 12.0. The monoisotopic (exact) mass is 517 g/mol. The number of aromatic nitrogens is 5. The number of hydrogen-bond donors (Lipinski definition) is 3. The van der Waals surface area contributed by atoms with Gasteiger partial charge in [-0.1, -0.05) is 19.1 Å². The Balaban J connectivity index is 1.65. The Bertz CT molecular complexity index is 1250. The molecular formula is C20H17FIN7O. The molecule has 0 aliphatic rings. The maximum atomic E-state index is 14.0. The molecule has 3 aromatic heterocycles. The van der Waals surface area contributed by atoms with Crippen LogP contribution in [0.3, 0.4) is 0 Å². The van der Waals surface area contributed by atoms with Crippen LogP contribution in [0.4, 0.5) is 22.0 Å². The number of benzene rings is 1. The molecule has 8 nitrogen and oxygen atoms in total. The van der Waals surface area contributed by atoms with E-state index in [1.165, 1.54) is 12.1 Å². The minimum absolute atomic E-state index is 0.0467. The molecule has 10 heteroatoms. The van der Waals surface area contributed by atoms with Gasteiger partial charge >= 0.3 is 0 Å². The first kappa shape index (κ1) is 20.1. The number of pyridine rings is 1. The summed E-state index contributed by atoms with van der Waals surface area (Å²) in [5, 5.41) is 6.30. The fraction of sp³-hybridized carbons (Fsp3) is 0.150. The molecule has 0 radical (unpaired) electrons. The second-order valence-electron chi connectivity index (χ2n) is 6.42. The number of nitrogens with zero attached hydrogens (tertiary/aromatic N) is 4. The van der Waals surface area contributed by atoms with Crippen molar-refractivity contribution in [2.45, 2.75) is 19.4 Å². The smallest absolute Gasteiger partial charge is 0.261 e. The average Bonchev–Trinajstić information content (AvgIpc) is 2.74. The number of fused-ring (bicyclic) bond motifs is 1. The maximum absolute atomic E-state index is 14.0. The number of aromatic amines is 1. The molecule has 1 aromatic carbocycles. The van der Waals surface area contributed by atoms with Crippen LogP contribution < -0.4 is 16.2 Å². The quantitative estimate of drug-likeness (QED) is 0.330. The number of H-pyrrole nitrogens is 1. The fourth-order valence-corrected chi connectivity index (χ4v) is 3.36. The molecule has 30 heavy (non-hydrogen) atoms. The number of rotatable bonds is 6. The van der Waals surface area contributed by atoms with E-state index in [1.807, 2.05) is 25.1 Å². The SMILES string of the molecule is CCC(Nc1nc(Nc2ccccn2)ncc1I)c1nc2cccc(F)c2c(=O)[nH]1. The highest BCUT2D eigenvalue weighted by atomic mass is 127. The van der Waals surface area contributed by atoms with E-state index in [9.17, 15) is 9.18 Å². The molecule has 3 N–H and O–H groups in total. The number of nitrogens with one attached hydrogen (secondary N) is 3. The molecular weight excluding hydrogens is 500 g/mol. The topological polar surface area (TPSA) is 108 Å². The van der Waals surface area contributed by atoms with E-state index in [4.69, 9.17) is 0 Å². The van der Waals surface area contributed by atoms with Crippen LogP contribution in [0.15, 0.2) is 53.6 Å². The Morgan fingerprint density at radius 2 is 2.03 bits per heavy atom. The third-order valence-electron chi connectivity index (χ3n) is 4.40. The summed E-state index contributed by atoms with van der Waals surface area (Å²) in [7, 11) is 0. The van der Waals surface area contributed by atoms with Crippen LogP contribution in [0.25, 0.3) is 10.9 Å². The van der Waals surface area contributed by atoms with Crippen molar-refractivity contribution >= 4 is 51.1 Å². The van der Waals surface area contributed by atoms with Crippen molar-refractivity contribution in [3.05, 3.63) is 74.4 Å². The second-order valence-corrected chi connectivity index (χ2v) is 7.58. The molecule has 0 saturated heterocycles. The van der Waals surface area contributed by atoms with Crippen LogP contribution in [0.2, 0.25) is 0 Å². The van der Waals surface area contributed by atoms with Crippen LogP contribution in [0.1, 0.15) is 25.2 Å². The van der Waals surface area contributed by atoms with E-state index in [0.717, 1.165) is 3.57 Å². The largest absolute Gasteiger partial charge is 0.359 e. The van der Waals surface area contributed by atoms with E-state index in [1.54, 1.807) is 18.5 Å². The predicted octanol–water partition coefficient (Wildman–Crippen LogP) is 4.16. The standard InChI is InChI=1S/C20H17FIN7O/c1-2-13(18-26-14-7-5-6-11(21)16(14)19(30)28-18)25-17-12(22)10-24-20(29-17)27-15-8-3-4-9-23-15/h3-10,13H,2H2,1H3,(H,26,28,30)(H2,23,24,25,27,29). The summed E-state index contributed by atoms with van der Waals surface area (Å²) in [6, 6.07) is 9.55. The molecule has 0 bridgehead atoms. The molecule has 0 fully saturated rings. The van der Waals surface area contributed by atoms with Crippen molar-refractivity contribution in [2.75, 3.05) is 10.6 Å². The van der Waals surface area contributed by atoms with Gasteiger partial charge in [-0.15, -0.1) is 0 Å². The molecule has 3 heterocycles. The van der Waals surface area contributed by atoms with Gasteiger partial charge in [-0.05, 0) is 53.3 Å². The molecule has 0 aliphatic heterocycles.